The summed E-state index contributed by atoms with van der Waals surface area (Å²) in [4.78, 5) is 11.2. The van der Waals surface area contributed by atoms with Gasteiger partial charge in [0, 0.05) is 19.3 Å². The van der Waals surface area contributed by atoms with Crippen LogP contribution in [-0.2, 0) is 9.53 Å². The van der Waals surface area contributed by atoms with E-state index in [1.807, 2.05) is 20.1 Å². The molecular weight excluding hydrogens is 186 g/mol. The van der Waals surface area contributed by atoms with E-state index in [-0.39, 0.29) is 11.4 Å². The van der Waals surface area contributed by atoms with Crippen molar-refractivity contribution in [3.05, 3.63) is 0 Å². The van der Waals surface area contributed by atoms with E-state index in [0.29, 0.717) is 12.4 Å². The van der Waals surface area contributed by atoms with E-state index >= 15 is 0 Å². The maximum absolute atomic E-state index is 11.2. The first-order valence-electron chi connectivity index (χ1n) is 4.31. The van der Waals surface area contributed by atoms with Gasteiger partial charge in [-0.05, 0) is 26.5 Å². The van der Waals surface area contributed by atoms with Gasteiger partial charge in [0.2, 0.25) is 5.91 Å². The van der Waals surface area contributed by atoms with Crippen molar-refractivity contribution >= 4 is 17.7 Å². The first kappa shape index (κ1) is 12.8. The number of thioether (sulfide) groups is 1. The first-order valence-corrected chi connectivity index (χ1v) is 5.70. The molecule has 0 aliphatic carbocycles. The molecule has 0 rings (SSSR count). The molecule has 0 aliphatic rings. The van der Waals surface area contributed by atoms with E-state index in [4.69, 9.17) is 4.74 Å². The van der Waals surface area contributed by atoms with E-state index in [9.17, 15) is 4.79 Å². The number of hydrogen-bond acceptors (Lipinski definition) is 3. The Morgan fingerprint density at radius 3 is 2.62 bits per heavy atom. The highest BCUT2D eigenvalue weighted by atomic mass is 32.2. The zero-order chi connectivity index (χ0) is 10.3. The van der Waals surface area contributed by atoms with Crippen molar-refractivity contribution in [1.29, 1.82) is 0 Å². The predicted octanol–water partition coefficient (Wildman–Crippen LogP) is 1.28. The third-order valence-corrected chi connectivity index (χ3v) is 2.24. The third kappa shape index (κ3) is 6.90. The van der Waals surface area contributed by atoms with Gasteiger partial charge >= 0.3 is 0 Å². The number of rotatable bonds is 6. The van der Waals surface area contributed by atoms with Gasteiger partial charge in [-0.2, -0.15) is 11.8 Å². The lowest BCUT2D eigenvalue weighted by atomic mass is 10.0. The average Bonchev–Trinajstić information content (AvgIpc) is 2.00. The average molecular weight is 205 g/mol. The molecule has 0 radical (unpaired) electrons. The van der Waals surface area contributed by atoms with E-state index in [1.54, 1.807) is 7.11 Å². The second-order valence-corrected chi connectivity index (χ2v) is 4.47. The van der Waals surface area contributed by atoms with Crippen LogP contribution in [0.4, 0.5) is 0 Å². The summed E-state index contributed by atoms with van der Waals surface area (Å²) in [5.74, 6) is 0.616. The molecule has 3 nitrogen and oxygen atoms in total. The van der Waals surface area contributed by atoms with Gasteiger partial charge in [-0.25, -0.2) is 0 Å². The van der Waals surface area contributed by atoms with Gasteiger partial charge in [-0.15, -0.1) is 0 Å². The van der Waals surface area contributed by atoms with Crippen molar-refractivity contribution < 1.29 is 9.53 Å². The van der Waals surface area contributed by atoms with Gasteiger partial charge < -0.3 is 10.1 Å². The minimum Gasteiger partial charge on any atom is -0.385 e. The van der Waals surface area contributed by atoms with Crippen LogP contribution in [0.5, 0.6) is 0 Å². The molecule has 0 fully saturated rings. The fourth-order valence-corrected chi connectivity index (χ4v) is 1.30. The summed E-state index contributed by atoms with van der Waals surface area (Å²) < 4.78 is 4.96. The van der Waals surface area contributed by atoms with Crippen LogP contribution in [0.25, 0.3) is 0 Å². The Labute approximate surface area is 84.6 Å². The number of hydrogen-bond donors (Lipinski definition) is 1. The maximum Gasteiger partial charge on any atom is 0.230 e. The third-order valence-electron chi connectivity index (χ3n) is 1.68. The van der Waals surface area contributed by atoms with E-state index in [0.717, 1.165) is 6.42 Å². The normalized spacial score (nSPS) is 11.4. The largest absolute Gasteiger partial charge is 0.385 e. The maximum atomic E-state index is 11.2. The van der Waals surface area contributed by atoms with Gasteiger partial charge in [0.15, 0.2) is 0 Å². The van der Waals surface area contributed by atoms with Crippen LogP contribution in [0.15, 0.2) is 0 Å². The molecule has 0 aromatic heterocycles. The molecule has 0 unspecified atom stereocenters. The van der Waals surface area contributed by atoms with Crippen LogP contribution in [0, 0.1) is 0 Å². The lowest BCUT2D eigenvalue weighted by Crippen LogP contribution is -2.44. The number of carbonyl (C=O) groups is 1. The topological polar surface area (TPSA) is 38.3 Å². The molecule has 0 aromatic rings. The minimum absolute atomic E-state index is 0.0913. The highest BCUT2D eigenvalue weighted by Crippen LogP contribution is 2.08. The van der Waals surface area contributed by atoms with Gasteiger partial charge in [0.25, 0.3) is 0 Å². The van der Waals surface area contributed by atoms with Gasteiger partial charge in [0.1, 0.15) is 0 Å². The molecule has 0 heterocycles. The fourth-order valence-electron chi connectivity index (χ4n) is 0.964. The zero-order valence-electron chi connectivity index (χ0n) is 8.85. The van der Waals surface area contributed by atoms with Crippen molar-refractivity contribution in [3.63, 3.8) is 0 Å². The lowest BCUT2D eigenvalue weighted by Gasteiger charge is -2.25. The number of ether oxygens (including phenoxy) is 1. The van der Waals surface area contributed by atoms with Crippen molar-refractivity contribution in [2.75, 3.05) is 25.7 Å². The second kappa shape index (κ2) is 6.27. The standard InChI is InChI=1S/C9H19NO2S/c1-9(2,5-6-12-3)10-8(11)7-13-4/h5-7H2,1-4H3,(H,10,11). The Bertz CT molecular complexity index is 160. The number of carbonyl (C=O) groups excluding carboxylic acids is 1. The summed E-state index contributed by atoms with van der Waals surface area (Å²) in [6.45, 7) is 4.68. The van der Waals surface area contributed by atoms with Gasteiger partial charge in [-0.1, -0.05) is 0 Å². The Balaban J connectivity index is 3.79. The lowest BCUT2D eigenvalue weighted by molar-refractivity contribution is -0.120. The molecule has 1 N–H and O–H groups in total. The minimum atomic E-state index is -0.164. The van der Waals surface area contributed by atoms with Crippen LogP contribution in [-0.4, -0.2) is 37.2 Å². The Kier molecular flexibility index (Phi) is 6.16. The molecule has 0 bridgehead atoms. The SMILES string of the molecule is COCCC(C)(C)NC(=O)CSC. The van der Waals surface area contributed by atoms with Crippen molar-refractivity contribution in [2.24, 2.45) is 0 Å². The fraction of sp³-hybridized carbons (Fsp3) is 0.889. The molecule has 4 heteroatoms. The molecule has 0 saturated carbocycles. The van der Waals surface area contributed by atoms with Crippen LogP contribution in [0.2, 0.25) is 0 Å². The zero-order valence-corrected chi connectivity index (χ0v) is 9.66. The molecule has 0 aliphatic heterocycles. The molecule has 0 saturated heterocycles. The summed E-state index contributed by atoms with van der Waals surface area (Å²) in [5, 5.41) is 2.95. The number of amides is 1. The summed E-state index contributed by atoms with van der Waals surface area (Å²) in [5.41, 5.74) is -0.164. The predicted molar refractivity (Wildman–Crippen MR) is 57.1 cm³/mol. The van der Waals surface area contributed by atoms with Crippen LogP contribution in [0.1, 0.15) is 20.3 Å². The second-order valence-electron chi connectivity index (χ2n) is 3.61. The molecule has 1 amide bonds. The van der Waals surface area contributed by atoms with Crippen LogP contribution < -0.4 is 5.32 Å². The van der Waals surface area contributed by atoms with Crippen molar-refractivity contribution in [3.8, 4) is 0 Å². The molecule has 78 valence electrons. The van der Waals surface area contributed by atoms with Crippen molar-refractivity contribution in [2.45, 2.75) is 25.8 Å². The Morgan fingerprint density at radius 1 is 1.54 bits per heavy atom. The highest BCUT2D eigenvalue weighted by molar-refractivity contribution is 7.99. The Morgan fingerprint density at radius 2 is 2.15 bits per heavy atom. The summed E-state index contributed by atoms with van der Waals surface area (Å²) >= 11 is 1.53. The smallest absolute Gasteiger partial charge is 0.230 e. The highest BCUT2D eigenvalue weighted by Gasteiger charge is 2.19. The van der Waals surface area contributed by atoms with Crippen LogP contribution in [0.3, 0.4) is 0 Å². The van der Waals surface area contributed by atoms with Crippen LogP contribution >= 0.6 is 11.8 Å². The first-order chi connectivity index (χ1) is 6.02. The molecule has 13 heavy (non-hydrogen) atoms. The number of nitrogens with one attached hydrogen (secondary N) is 1. The monoisotopic (exact) mass is 205 g/mol. The van der Waals surface area contributed by atoms with E-state index < -0.39 is 0 Å². The van der Waals surface area contributed by atoms with E-state index in [2.05, 4.69) is 5.32 Å². The molecule has 0 aromatic carbocycles. The number of methoxy groups -OCH3 is 1. The molecule has 0 atom stereocenters. The van der Waals surface area contributed by atoms with E-state index in [1.165, 1.54) is 11.8 Å². The quantitative estimate of drug-likeness (QED) is 0.710. The summed E-state index contributed by atoms with van der Waals surface area (Å²) in [7, 11) is 1.67. The van der Waals surface area contributed by atoms with Gasteiger partial charge in [-0.3, -0.25) is 4.79 Å². The molecule has 0 spiro atoms. The Hall–Kier alpha value is -0.220. The summed E-state index contributed by atoms with van der Waals surface area (Å²) in [6.07, 6.45) is 2.76. The molecular formula is C9H19NO2S. The van der Waals surface area contributed by atoms with Gasteiger partial charge in [0.05, 0.1) is 5.75 Å². The summed E-state index contributed by atoms with van der Waals surface area (Å²) in [6, 6.07) is 0. The van der Waals surface area contributed by atoms with Crippen molar-refractivity contribution in [1.82, 2.24) is 5.32 Å².